The van der Waals surface area contributed by atoms with Gasteiger partial charge in [0, 0.05) is 12.3 Å². The number of ether oxygens (including phenoxy) is 5. The Bertz CT molecular complexity index is 1220. The third-order valence-electron chi connectivity index (χ3n) is 6.20. The van der Waals surface area contributed by atoms with Gasteiger partial charge in [-0.25, -0.2) is 9.78 Å². The first-order chi connectivity index (χ1) is 19.0. The Morgan fingerprint density at radius 3 is 2.28 bits per heavy atom. The molecule has 0 bridgehead atoms. The van der Waals surface area contributed by atoms with Gasteiger partial charge in [-0.05, 0) is 18.1 Å². The zero-order valence-electron chi connectivity index (χ0n) is 21.8. The molecule has 1 saturated heterocycles. The molecule has 1 aliphatic heterocycles. The van der Waals surface area contributed by atoms with Gasteiger partial charge in [0.15, 0.2) is 23.2 Å². The Balaban J connectivity index is 1.49. The van der Waals surface area contributed by atoms with Crippen molar-refractivity contribution < 1.29 is 38.4 Å². The van der Waals surface area contributed by atoms with Crippen LogP contribution in [0, 0.1) is 0 Å². The first-order valence-electron chi connectivity index (χ1n) is 12.6. The molecule has 0 unspecified atom stereocenters. The number of nitrogens with one attached hydrogen (secondary N) is 1. The van der Waals surface area contributed by atoms with Gasteiger partial charge in [0.1, 0.15) is 18.3 Å². The molecule has 1 aromatic heterocycles. The fourth-order valence-corrected chi connectivity index (χ4v) is 4.12. The topological polar surface area (TPSA) is 125 Å². The Kier molecular flexibility index (Phi) is 9.85. The van der Waals surface area contributed by atoms with Crippen molar-refractivity contribution in [1.82, 2.24) is 10.3 Å². The second-order valence-corrected chi connectivity index (χ2v) is 9.01. The maximum atomic E-state index is 13.1. The highest BCUT2D eigenvalue weighted by atomic mass is 16.6. The van der Waals surface area contributed by atoms with E-state index in [-0.39, 0.29) is 31.3 Å². The van der Waals surface area contributed by atoms with Crippen molar-refractivity contribution in [2.24, 2.45) is 0 Å². The average molecular weight is 537 g/mol. The number of aromatic nitrogens is 1. The minimum Gasteiger partial charge on any atom is -0.503 e. The number of benzene rings is 2. The van der Waals surface area contributed by atoms with Crippen LogP contribution in [0.2, 0.25) is 0 Å². The molecule has 0 saturated carbocycles. The van der Waals surface area contributed by atoms with E-state index in [1.54, 1.807) is 6.92 Å². The number of hydrogen-bond donors (Lipinski definition) is 2. The van der Waals surface area contributed by atoms with E-state index in [9.17, 15) is 14.7 Å². The molecule has 10 heteroatoms. The van der Waals surface area contributed by atoms with Crippen LogP contribution in [0.4, 0.5) is 0 Å². The first kappa shape index (κ1) is 28.0. The van der Waals surface area contributed by atoms with Crippen LogP contribution in [0.25, 0.3) is 0 Å². The summed E-state index contributed by atoms with van der Waals surface area (Å²) in [7, 11) is 1.36. The van der Waals surface area contributed by atoms with Gasteiger partial charge >= 0.3 is 5.97 Å². The molecular formula is C29H32N2O8. The fraction of sp³-hybridized carbons (Fsp3) is 0.345. The Labute approximate surface area is 226 Å². The Hall–Kier alpha value is -3.99. The quantitative estimate of drug-likeness (QED) is 0.397. The van der Waals surface area contributed by atoms with Crippen LogP contribution in [0.15, 0.2) is 72.9 Å². The number of esters is 1. The number of amides is 1. The summed E-state index contributed by atoms with van der Waals surface area (Å²) in [6.07, 6.45) is -0.644. The predicted octanol–water partition coefficient (Wildman–Crippen LogP) is 3.03. The van der Waals surface area contributed by atoms with Crippen molar-refractivity contribution in [2.45, 2.75) is 44.5 Å². The van der Waals surface area contributed by atoms with Gasteiger partial charge < -0.3 is 34.1 Å². The number of rotatable bonds is 9. The zero-order chi connectivity index (χ0) is 27.6. The van der Waals surface area contributed by atoms with Gasteiger partial charge in [-0.3, -0.25) is 4.79 Å². The molecule has 3 aromatic rings. The van der Waals surface area contributed by atoms with E-state index in [4.69, 9.17) is 23.7 Å². The van der Waals surface area contributed by atoms with Gasteiger partial charge in [0.2, 0.25) is 0 Å². The van der Waals surface area contributed by atoms with Crippen LogP contribution < -0.4 is 10.1 Å². The van der Waals surface area contributed by atoms with Crippen LogP contribution in [0.5, 0.6) is 11.5 Å². The van der Waals surface area contributed by atoms with E-state index in [0.29, 0.717) is 6.61 Å². The molecule has 10 nitrogen and oxygen atoms in total. The molecule has 2 heterocycles. The smallest absolute Gasteiger partial charge is 0.331 e. The molecule has 39 heavy (non-hydrogen) atoms. The van der Waals surface area contributed by atoms with Crippen molar-refractivity contribution in [3.8, 4) is 11.5 Å². The average Bonchev–Trinajstić information content (AvgIpc) is 3.00. The van der Waals surface area contributed by atoms with E-state index in [2.05, 4.69) is 10.3 Å². The molecule has 2 N–H and O–H groups in total. The number of methoxy groups -OCH3 is 1. The van der Waals surface area contributed by atoms with E-state index in [0.717, 1.165) is 11.1 Å². The lowest BCUT2D eigenvalue weighted by Gasteiger charge is -2.30. The largest absolute Gasteiger partial charge is 0.503 e. The number of nitrogens with zero attached hydrogens (tertiary/aromatic N) is 1. The Morgan fingerprint density at radius 2 is 1.64 bits per heavy atom. The van der Waals surface area contributed by atoms with E-state index in [1.165, 1.54) is 19.4 Å². The second kappa shape index (κ2) is 13.7. The highest BCUT2D eigenvalue weighted by Crippen LogP contribution is 2.27. The summed E-state index contributed by atoms with van der Waals surface area (Å²) in [5.41, 5.74) is 1.64. The molecule has 0 radical (unpaired) electrons. The number of hydrogen-bond acceptors (Lipinski definition) is 9. The minimum atomic E-state index is -1.16. The summed E-state index contributed by atoms with van der Waals surface area (Å²) >= 11 is 0. The molecule has 1 aliphatic rings. The molecule has 2 aromatic carbocycles. The highest BCUT2D eigenvalue weighted by molar-refractivity contribution is 5.98. The van der Waals surface area contributed by atoms with Crippen LogP contribution in [-0.2, 0) is 37.0 Å². The molecule has 4 atom stereocenters. The van der Waals surface area contributed by atoms with E-state index >= 15 is 0 Å². The number of pyridine rings is 1. The van der Waals surface area contributed by atoms with Crippen molar-refractivity contribution in [1.29, 1.82) is 0 Å². The lowest BCUT2D eigenvalue weighted by atomic mass is 10.1. The van der Waals surface area contributed by atoms with Gasteiger partial charge in [-0.15, -0.1) is 0 Å². The van der Waals surface area contributed by atoms with E-state index < -0.39 is 42.0 Å². The van der Waals surface area contributed by atoms with Crippen molar-refractivity contribution in [3.05, 3.63) is 89.7 Å². The number of carbonyl (C=O) groups excluding carboxylic acids is 2. The number of carbonyl (C=O) groups is 2. The van der Waals surface area contributed by atoms with Gasteiger partial charge in [-0.1, -0.05) is 60.7 Å². The summed E-state index contributed by atoms with van der Waals surface area (Å²) < 4.78 is 29.0. The van der Waals surface area contributed by atoms with Crippen LogP contribution >= 0.6 is 0 Å². The maximum absolute atomic E-state index is 13.1. The maximum Gasteiger partial charge on any atom is 0.331 e. The van der Waals surface area contributed by atoms with Crippen LogP contribution in [-0.4, -0.2) is 66.6 Å². The van der Waals surface area contributed by atoms with Gasteiger partial charge in [-0.2, -0.15) is 0 Å². The molecule has 206 valence electrons. The first-order valence-corrected chi connectivity index (χ1v) is 12.6. The standard InChI is InChI=1S/C29H32N2O8/c1-19-27(38-16-21-11-7-4-8-12-21)24(37-15-20-9-5-3-6-10-20)18-36-17-22(29(34)39-19)31-28(33)25-26(32)23(35-2)13-14-30-25/h3-14,19,22,24,27,32H,15-18H2,1-2H3,(H,31,33)/t19-,22-,24-,27-/m0/s1. The molecular weight excluding hydrogens is 504 g/mol. The molecule has 4 rings (SSSR count). The number of cyclic esters (lactones) is 1. The predicted molar refractivity (Wildman–Crippen MR) is 140 cm³/mol. The monoisotopic (exact) mass is 536 g/mol. The van der Waals surface area contributed by atoms with Crippen LogP contribution in [0.1, 0.15) is 28.5 Å². The molecule has 1 fully saturated rings. The lowest BCUT2D eigenvalue weighted by molar-refractivity contribution is -0.170. The highest BCUT2D eigenvalue weighted by Gasteiger charge is 2.36. The normalized spacial score (nSPS) is 21.6. The fourth-order valence-electron chi connectivity index (χ4n) is 4.12. The SMILES string of the molecule is COc1ccnc(C(=O)N[C@H]2COC[C@H](OCc3ccccc3)[C@@H](OCc3ccccc3)[C@H](C)OC2=O)c1O. The summed E-state index contributed by atoms with van der Waals surface area (Å²) in [6, 6.07) is 19.6. The van der Waals surface area contributed by atoms with Crippen molar-refractivity contribution in [3.63, 3.8) is 0 Å². The summed E-state index contributed by atoms with van der Waals surface area (Å²) in [4.78, 5) is 29.9. The summed E-state index contributed by atoms with van der Waals surface area (Å²) in [6.45, 7) is 2.20. The van der Waals surface area contributed by atoms with Gasteiger partial charge in [0.05, 0.1) is 33.5 Å². The zero-order valence-corrected chi connectivity index (χ0v) is 21.8. The van der Waals surface area contributed by atoms with E-state index in [1.807, 2.05) is 60.7 Å². The second-order valence-electron chi connectivity index (χ2n) is 9.01. The van der Waals surface area contributed by atoms with Crippen molar-refractivity contribution in [2.75, 3.05) is 20.3 Å². The van der Waals surface area contributed by atoms with Crippen molar-refractivity contribution >= 4 is 11.9 Å². The molecule has 1 amide bonds. The third-order valence-corrected chi connectivity index (χ3v) is 6.20. The lowest BCUT2D eigenvalue weighted by Crippen LogP contribution is -2.47. The third kappa shape index (κ3) is 7.53. The molecule has 0 spiro atoms. The van der Waals surface area contributed by atoms with Gasteiger partial charge in [0.25, 0.3) is 5.91 Å². The van der Waals surface area contributed by atoms with Crippen LogP contribution in [0.3, 0.4) is 0 Å². The summed E-state index contributed by atoms with van der Waals surface area (Å²) in [5.74, 6) is -1.85. The Morgan fingerprint density at radius 1 is 1.00 bits per heavy atom. The number of aromatic hydroxyl groups is 1. The molecule has 0 aliphatic carbocycles. The summed E-state index contributed by atoms with van der Waals surface area (Å²) in [5, 5.41) is 12.8. The minimum absolute atomic E-state index is 0.0777.